The lowest BCUT2D eigenvalue weighted by Gasteiger charge is -2.33. The summed E-state index contributed by atoms with van der Waals surface area (Å²) in [7, 11) is 2.17. The van der Waals surface area contributed by atoms with E-state index in [0.29, 0.717) is 23.6 Å². The SMILES string of the molecule is CCc1cc(O)ccc1C1CCC2C(C1)NNC2c1ncc(C2=CCCN(C)C2)[nH]1. The van der Waals surface area contributed by atoms with Gasteiger partial charge in [-0.3, -0.25) is 5.43 Å². The molecule has 2 fully saturated rings. The fraction of sp³-hybridized carbons (Fsp3) is 0.542. The van der Waals surface area contributed by atoms with E-state index in [1.54, 1.807) is 0 Å². The number of aromatic amines is 1. The number of benzene rings is 1. The molecule has 4 N–H and O–H groups in total. The Kier molecular flexibility index (Phi) is 5.39. The van der Waals surface area contributed by atoms with Crippen LogP contribution < -0.4 is 10.9 Å². The molecule has 3 heterocycles. The summed E-state index contributed by atoms with van der Waals surface area (Å²) in [4.78, 5) is 10.7. The van der Waals surface area contributed by atoms with E-state index in [0.717, 1.165) is 43.9 Å². The minimum Gasteiger partial charge on any atom is -0.508 e. The third kappa shape index (κ3) is 3.68. The number of aromatic nitrogens is 2. The first-order valence-electron chi connectivity index (χ1n) is 11.4. The Balaban J connectivity index is 1.29. The highest BCUT2D eigenvalue weighted by molar-refractivity contribution is 5.64. The normalized spacial score (nSPS) is 29.6. The van der Waals surface area contributed by atoms with Crippen LogP contribution in [0.25, 0.3) is 5.57 Å². The molecule has 1 saturated carbocycles. The van der Waals surface area contributed by atoms with Gasteiger partial charge in [-0.1, -0.05) is 19.1 Å². The number of likely N-dealkylation sites (N-methyl/N-ethyl adjacent to an activating group) is 1. The van der Waals surface area contributed by atoms with E-state index in [4.69, 9.17) is 4.98 Å². The molecular weight excluding hydrogens is 374 g/mol. The van der Waals surface area contributed by atoms with Crippen LogP contribution in [0.15, 0.2) is 30.5 Å². The smallest absolute Gasteiger partial charge is 0.125 e. The van der Waals surface area contributed by atoms with E-state index in [1.807, 2.05) is 18.3 Å². The second-order valence-corrected chi connectivity index (χ2v) is 9.22. The lowest BCUT2D eigenvalue weighted by atomic mass is 9.73. The molecule has 2 aliphatic heterocycles. The van der Waals surface area contributed by atoms with Crippen LogP contribution in [0.4, 0.5) is 0 Å². The molecule has 4 atom stereocenters. The lowest BCUT2D eigenvalue weighted by molar-refractivity contribution is 0.276. The Labute approximate surface area is 178 Å². The molecule has 1 saturated heterocycles. The minimum atomic E-state index is 0.233. The number of phenolic OH excluding ortho intramolecular Hbond substituents is 1. The molecule has 3 aliphatic rings. The Morgan fingerprint density at radius 2 is 2.13 bits per heavy atom. The quantitative estimate of drug-likeness (QED) is 0.624. The molecule has 4 unspecified atom stereocenters. The predicted molar refractivity (Wildman–Crippen MR) is 119 cm³/mol. The lowest BCUT2D eigenvalue weighted by Crippen LogP contribution is -2.35. The standard InChI is InChI=1S/C24H33N5O/c1-3-15-11-18(30)7-9-19(15)16-6-8-20-21(12-16)27-28-23(20)24-25-13-22(26-24)17-5-4-10-29(2)14-17/h5,7,9,11,13,16,20-21,23,27-28,30H,3-4,6,8,10,12,14H2,1-2H3,(H,25,26). The molecule has 2 aromatic rings. The van der Waals surface area contributed by atoms with E-state index in [-0.39, 0.29) is 6.04 Å². The molecule has 0 amide bonds. The highest BCUT2D eigenvalue weighted by atomic mass is 16.3. The summed E-state index contributed by atoms with van der Waals surface area (Å²) in [5, 5.41) is 9.85. The third-order valence-electron chi connectivity index (χ3n) is 7.28. The zero-order valence-corrected chi connectivity index (χ0v) is 18.0. The van der Waals surface area contributed by atoms with Crippen LogP contribution in [0.1, 0.15) is 67.2 Å². The van der Waals surface area contributed by atoms with Gasteiger partial charge in [0.2, 0.25) is 0 Å². The number of hydrogen-bond acceptors (Lipinski definition) is 5. The van der Waals surface area contributed by atoms with Gasteiger partial charge in [0.1, 0.15) is 11.6 Å². The summed E-state index contributed by atoms with van der Waals surface area (Å²) >= 11 is 0. The van der Waals surface area contributed by atoms with Crippen LogP contribution in [0.2, 0.25) is 0 Å². The maximum absolute atomic E-state index is 9.85. The average molecular weight is 408 g/mol. The van der Waals surface area contributed by atoms with Crippen molar-refractivity contribution in [2.24, 2.45) is 5.92 Å². The number of hydrazine groups is 1. The maximum atomic E-state index is 9.85. The van der Waals surface area contributed by atoms with Gasteiger partial charge < -0.3 is 15.0 Å². The van der Waals surface area contributed by atoms with Crippen LogP contribution in [0, 0.1) is 5.92 Å². The first-order chi connectivity index (χ1) is 14.6. The van der Waals surface area contributed by atoms with E-state index < -0.39 is 0 Å². The molecule has 0 radical (unpaired) electrons. The Hall–Kier alpha value is -2.15. The van der Waals surface area contributed by atoms with Crippen LogP contribution >= 0.6 is 0 Å². The molecule has 5 rings (SSSR count). The molecule has 6 nitrogen and oxygen atoms in total. The van der Waals surface area contributed by atoms with Crippen LogP contribution in [0.3, 0.4) is 0 Å². The second kappa shape index (κ2) is 8.17. The highest BCUT2D eigenvalue weighted by Gasteiger charge is 2.42. The summed E-state index contributed by atoms with van der Waals surface area (Å²) in [6, 6.07) is 6.59. The van der Waals surface area contributed by atoms with Gasteiger partial charge in [-0.25, -0.2) is 10.4 Å². The van der Waals surface area contributed by atoms with E-state index in [9.17, 15) is 5.11 Å². The van der Waals surface area contributed by atoms with Gasteiger partial charge in [-0.15, -0.1) is 0 Å². The van der Waals surface area contributed by atoms with E-state index >= 15 is 0 Å². The van der Waals surface area contributed by atoms with Crippen molar-refractivity contribution < 1.29 is 5.11 Å². The van der Waals surface area contributed by atoms with Gasteiger partial charge in [0, 0.05) is 19.1 Å². The molecule has 6 heteroatoms. The molecule has 1 aromatic carbocycles. The zero-order chi connectivity index (χ0) is 20.7. The summed E-state index contributed by atoms with van der Waals surface area (Å²) in [6.45, 7) is 4.28. The van der Waals surface area contributed by atoms with Gasteiger partial charge in [0.15, 0.2) is 0 Å². The molecular formula is C24H33N5O. The van der Waals surface area contributed by atoms with Crippen molar-refractivity contribution in [2.45, 2.75) is 57.0 Å². The van der Waals surface area contributed by atoms with Crippen molar-refractivity contribution in [3.8, 4) is 5.75 Å². The van der Waals surface area contributed by atoms with Crippen LogP contribution in [-0.2, 0) is 6.42 Å². The minimum absolute atomic E-state index is 0.233. The van der Waals surface area contributed by atoms with Gasteiger partial charge >= 0.3 is 0 Å². The summed E-state index contributed by atoms with van der Waals surface area (Å²) in [5.41, 5.74) is 12.3. The van der Waals surface area contributed by atoms with Crippen molar-refractivity contribution >= 4 is 5.57 Å². The number of rotatable bonds is 4. The summed E-state index contributed by atoms with van der Waals surface area (Å²) in [6.07, 6.45) is 9.89. The number of nitrogens with one attached hydrogen (secondary N) is 3. The van der Waals surface area contributed by atoms with E-state index in [2.05, 4.69) is 46.8 Å². The van der Waals surface area contributed by atoms with Gasteiger partial charge in [0.25, 0.3) is 0 Å². The molecule has 1 aromatic heterocycles. The summed E-state index contributed by atoms with van der Waals surface area (Å²) < 4.78 is 0. The third-order valence-corrected chi connectivity index (χ3v) is 7.28. The topological polar surface area (TPSA) is 76.2 Å². The number of phenols is 1. The average Bonchev–Trinajstić information content (AvgIpc) is 3.40. The fourth-order valence-corrected chi connectivity index (χ4v) is 5.66. The maximum Gasteiger partial charge on any atom is 0.125 e. The monoisotopic (exact) mass is 407 g/mol. The molecule has 160 valence electrons. The van der Waals surface area contributed by atoms with Gasteiger partial charge in [-0.05, 0) is 79.8 Å². The molecule has 30 heavy (non-hydrogen) atoms. The predicted octanol–water partition coefficient (Wildman–Crippen LogP) is 3.50. The fourth-order valence-electron chi connectivity index (χ4n) is 5.66. The number of hydrogen-bond donors (Lipinski definition) is 4. The largest absolute Gasteiger partial charge is 0.508 e. The Morgan fingerprint density at radius 1 is 1.23 bits per heavy atom. The van der Waals surface area contributed by atoms with Crippen molar-refractivity contribution in [1.29, 1.82) is 0 Å². The Morgan fingerprint density at radius 3 is 2.97 bits per heavy atom. The number of aromatic hydroxyl groups is 1. The van der Waals surface area contributed by atoms with E-state index in [1.165, 1.54) is 29.5 Å². The van der Waals surface area contributed by atoms with Crippen molar-refractivity contribution in [2.75, 3.05) is 20.1 Å². The van der Waals surface area contributed by atoms with Crippen molar-refractivity contribution in [3.05, 3.63) is 53.1 Å². The summed E-state index contributed by atoms with van der Waals surface area (Å²) in [5.74, 6) is 2.52. The van der Waals surface area contributed by atoms with Gasteiger partial charge in [0.05, 0.1) is 17.9 Å². The van der Waals surface area contributed by atoms with Gasteiger partial charge in [-0.2, -0.15) is 0 Å². The first kappa shape index (κ1) is 19.8. The van der Waals surface area contributed by atoms with Crippen LogP contribution in [-0.4, -0.2) is 46.2 Å². The number of fused-ring (bicyclic) bond motifs is 1. The number of aryl methyl sites for hydroxylation is 1. The zero-order valence-electron chi connectivity index (χ0n) is 18.0. The number of H-pyrrole nitrogens is 1. The number of nitrogens with zero attached hydrogens (tertiary/aromatic N) is 2. The Bertz CT molecular complexity index is 935. The number of imidazole rings is 1. The highest BCUT2D eigenvalue weighted by Crippen LogP contribution is 2.44. The molecule has 1 aliphatic carbocycles. The second-order valence-electron chi connectivity index (χ2n) is 9.22. The van der Waals surface area contributed by atoms with Crippen LogP contribution in [0.5, 0.6) is 5.75 Å². The molecule has 0 bridgehead atoms. The first-order valence-corrected chi connectivity index (χ1v) is 11.4. The van der Waals surface area contributed by atoms with Crippen molar-refractivity contribution in [3.63, 3.8) is 0 Å². The van der Waals surface area contributed by atoms with Crippen molar-refractivity contribution in [1.82, 2.24) is 25.7 Å². The molecule has 0 spiro atoms.